The smallest absolute Gasteiger partial charge is 0.223 e. The van der Waals surface area contributed by atoms with Gasteiger partial charge in [-0.3, -0.25) is 4.79 Å². The van der Waals surface area contributed by atoms with Gasteiger partial charge in [-0.1, -0.05) is 6.07 Å². The molecule has 0 spiro atoms. The molecule has 1 amide bonds. The largest absolute Gasteiger partial charge is 0.353 e. The van der Waals surface area contributed by atoms with Crippen molar-refractivity contribution < 1.29 is 13.2 Å². The lowest BCUT2D eigenvalue weighted by Crippen LogP contribution is -2.49. The van der Waals surface area contributed by atoms with Crippen LogP contribution in [0.5, 0.6) is 0 Å². The molecule has 7 heteroatoms. The van der Waals surface area contributed by atoms with Crippen LogP contribution in [0, 0.1) is 5.92 Å². The number of rotatable bonds is 3. The maximum atomic E-state index is 12.3. The molecule has 1 aromatic heterocycles. The third-order valence-electron chi connectivity index (χ3n) is 4.40. The van der Waals surface area contributed by atoms with E-state index in [-0.39, 0.29) is 23.3 Å². The van der Waals surface area contributed by atoms with Gasteiger partial charge < -0.3 is 9.80 Å². The average Bonchev–Trinajstić information content (AvgIpc) is 2.87. The van der Waals surface area contributed by atoms with Gasteiger partial charge in [0.2, 0.25) is 5.91 Å². The number of amides is 1. The maximum Gasteiger partial charge on any atom is 0.223 e. The summed E-state index contributed by atoms with van der Waals surface area (Å²) in [5.41, 5.74) is 0. The highest BCUT2D eigenvalue weighted by molar-refractivity contribution is 7.91. The van der Waals surface area contributed by atoms with Crippen LogP contribution in [0.15, 0.2) is 24.4 Å². The monoisotopic (exact) mass is 323 g/mol. The lowest BCUT2D eigenvalue weighted by atomic mass is 10.0. The van der Waals surface area contributed by atoms with Crippen LogP contribution in [0.25, 0.3) is 0 Å². The molecule has 6 nitrogen and oxygen atoms in total. The van der Waals surface area contributed by atoms with Gasteiger partial charge in [0, 0.05) is 38.8 Å². The van der Waals surface area contributed by atoms with E-state index < -0.39 is 9.84 Å². The molecule has 0 aliphatic carbocycles. The molecule has 22 heavy (non-hydrogen) atoms. The first-order valence-electron chi connectivity index (χ1n) is 7.68. The van der Waals surface area contributed by atoms with Crippen molar-refractivity contribution in [2.45, 2.75) is 12.8 Å². The Bertz CT molecular complexity index is 625. The number of carbonyl (C=O) groups is 1. The quantitative estimate of drug-likeness (QED) is 0.813. The molecule has 1 atom stereocenters. The van der Waals surface area contributed by atoms with Gasteiger partial charge in [-0.15, -0.1) is 0 Å². The molecule has 0 saturated carbocycles. The lowest BCUT2D eigenvalue weighted by molar-refractivity contribution is -0.132. The highest BCUT2D eigenvalue weighted by Gasteiger charge is 2.31. The van der Waals surface area contributed by atoms with Crippen molar-refractivity contribution in [2.24, 2.45) is 5.92 Å². The van der Waals surface area contributed by atoms with E-state index in [9.17, 15) is 13.2 Å². The van der Waals surface area contributed by atoms with Gasteiger partial charge in [-0.25, -0.2) is 13.4 Å². The first-order chi connectivity index (χ1) is 10.5. The van der Waals surface area contributed by atoms with Crippen molar-refractivity contribution in [2.75, 3.05) is 42.6 Å². The lowest BCUT2D eigenvalue weighted by Gasteiger charge is -2.35. The Morgan fingerprint density at radius 2 is 2.00 bits per heavy atom. The molecule has 3 rings (SSSR count). The minimum atomic E-state index is -2.90. The first kappa shape index (κ1) is 15.3. The van der Waals surface area contributed by atoms with Crippen LogP contribution in [-0.2, 0) is 14.6 Å². The summed E-state index contributed by atoms with van der Waals surface area (Å²) in [7, 11) is -2.90. The van der Waals surface area contributed by atoms with Crippen LogP contribution < -0.4 is 4.90 Å². The molecule has 1 aromatic rings. The summed E-state index contributed by atoms with van der Waals surface area (Å²) in [6.45, 7) is 2.89. The van der Waals surface area contributed by atoms with Gasteiger partial charge in [0.05, 0.1) is 11.5 Å². The molecule has 3 heterocycles. The molecule has 0 radical (unpaired) electrons. The van der Waals surface area contributed by atoms with E-state index in [2.05, 4.69) is 9.88 Å². The molecule has 0 aromatic carbocycles. The topological polar surface area (TPSA) is 70.6 Å². The summed E-state index contributed by atoms with van der Waals surface area (Å²) < 4.78 is 22.9. The Hall–Kier alpha value is -1.63. The van der Waals surface area contributed by atoms with E-state index in [1.54, 1.807) is 6.20 Å². The molecule has 2 aliphatic heterocycles. The summed E-state index contributed by atoms with van der Waals surface area (Å²) in [4.78, 5) is 20.7. The number of aromatic nitrogens is 1. The SMILES string of the molecule is O=C(CC1CCS(=O)(=O)C1)N1CCN(c2ccccn2)CC1. The number of sulfone groups is 1. The minimum Gasteiger partial charge on any atom is -0.353 e. The Balaban J connectivity index is 1.50. The number of nitrogens with zero attached hydrogens (tertiary/aromatic N) is 3. The van der Waals surface area contributed by atoms with Crippen molar-refractivity contribution >= 4 is 21.6 Å². The zero-order valence-electron chi connectivity index (χ0n) is 12.5. The summed E-state index contributed by atoms with van der Waals surface area (Å²) >= 11 is 0. The zero-order valence-corrected chi connectivity index (χ0v) is 13.3. The zero-order chi connectivity index (χ0) is 15.6. The number of anilines is 1. The maximum absolute atomic E-state index is 12.3. The molecule has 120 valence electrons. The average molecular weight is 323 g/mol. The molecule has 1 unspecified atom stereocenters. The fourth-order valence-electron chi connectivity index (χ4n) is 3.13. The highest BCUT2D eigenvalue weighted by atomic mass is 32.2. The van der Waals surface area contributed by atoms with Gasteiger partial charge in [0.25, 0.3) is 0 Å². The van der Waals surface area contributed by atoms with Crippen molar-refractivity contribution in [1.29, 1.82) is 0 Å². The van der Waals surface area contributed by atoms with E-state index in [0.717, 1.165) is 18.9 Å². The van der Waals surface area contributed by atoms with E-state index in [1.807, 2.05) is 23.1 Å². The van der Waals surface area contributed by atoms with Crippen LogP contribution in [0.3, 0.4) is 0 Å². The number of pyridine rings is 1. The minimum absolute atomic E-state index is 0.00585. The van der Waals surface area contributed by atoms with Crippen molar-refractivity contribution in [1.82, 2.24) is 9.88 Å². The Labute approximate surface area is 131 Å². The first-order valence-corrected chi connectivity index (χ1v) is 9.50. The molecular formula is C15H21N3O3S. The highest BCUT2D eigenvalue weighted by Crippen LogP contribution is 2.23. The second kappa shape index (κ2) is 6.24. The van der Waals surface area contributed by atoms with Gasteiger partial charge in [0.15, 0.2) is 9.84 Å². The van der Waals surface area contributed by atoms with Gasteiger partial charge in [0.1, 0.15) is 5.82 Å². The fraction of sp³-hybridized carbons (Fsp3) is 0.600. The second-order valence-corrected chi connectivity index (χ2v) is 8.26. The fourth-order valence-corrected chi connectivity index (χ4v) is 5.00. The summed E-state index contributed by atoms with van der Waals surface area (Å²) in [6.07, 6.45) is 2.76. The third-order valence-corrected chi connectivity index (χ3v) is 6.23. The van der Waals surface area contributed by atoms with E-state index in [4.69, 9.17) is 0 Å². The van der Waals surface area contributed by atoms with Crippen LogP contribution >= 0.6 is 0 Å². The van der Waals surface area contributed by atoms with Crippen molar-refractivity contribution in [3.63, 3.8) is 0 Å². The Morgan fingerprint density at radius 1 is 1.23 bits per heavy atom. The molecular weight excluding hydrogens is 302 g/mol. The van der Waals surface area contributed by atoms with Crippen LogP contribution in [-0.4, -0.2) is 61.9 Å². The van der Waals surface area contributed by atoms with E-state index in [1.165, 1.54) is 0 Å². The predicted molar refractivity (Wildman–Crippen MR) is 84.4 cm³/mol. The van der Waals surface area contributed by atoms with E-state index in [0.29, 0.717) is 25.9 Å². The second-order valence-electron chi connectivity index (χ2n) is 6.03. The van der Waals surface area contributed by atoms with Crippen molar-refractivity contribution in [3.8, 4) is 0 Å². The summed E-state index contributed by atoms with van der Waals surface area (Å²) in [5, 5.41) is 0. The standard InChI is InChI=1S/C15H21N3O3S/c19-15(11-13-4-10-22(20,21)12-13)18-8-6-17(7-9-18)14-3-1-2-5-16-14/h1-3,5,13H,4,6-12H2. The molecule has 0 N–H and O–H groups in total. The van der Waals surface area contributed by atoms with Gasteiger partial charge >= 0.3 is 0 Å². The molecule has 0 bridgehead atoms. The van der Waals surface area contributed by atoms with Crippen LogP contribution in [0.1, 0.15) is 12.8 Å². The Kier molecular flexibility index (Phi) is 4.33. The predicted octanol–water partition coefficient (Wildman–Crippen LogP) is 0.555. The molecule has 2 saturated heterocycles. The van der Waals surface area contributed by atoms with Gasteiger partial charge in [-0.05, 0) is 24.5 Å². The summed E-state index contributed by atoms with van der Waals surface area (Å²) in [6, 6.07) is 5.82. The third kappa shape index (κ3) is 3.58. The van der Waals surface area contributed by atoms with Crippen LogP contribution in [0.4, 0.5) is 5.82 Å². The van der Waals surface area contributed by atoms with E-state index >= 15 is 0 Å². The van der Waals surface area contributed by atoms with Crippen molar-refractivity contribution in [3.05, 3.63) is 24.4 Å². The number of piperazine rings is 1. The number of hydrogen-bond donors (Lipinski definition) is 0. The Morgan fingerprint density at radius 3 is 2.59 bits per heavy atom. The molecule has 2 aliphatic rings. The molecule has 2 fully saturated rings. The summed E-state index contributed by atoms with van der Waals surface area (Å²) in [5.74, 6) is 1.44. The number of carbonyl (C=O) groups excluding carboxylic acids is 1. The van der Waals surface area contributed by atoms with Crippen LogP contribution in [0.2, 0.25) is 0 Å². The normalized spacial score (nSPS) is 24.5. The van der Waals surface area contributed by atoms with Gasteiger partial charge in [-0.2, -0.15) is 0 Å². The number of hydrogen-bond acceptors (Lipinski definition) is 5.